The lowest BCUT2D eigenvalue weighted by Gasteiger charge is -2.51. The summed E-state index contributed by atoms with van der Waals surface area (Å²) in [6, 6.07) is 7.78. The van der Waals surface area contributed by atoms with Gasteiger partial charge in [-0.2, -0.15) is 0 Å². The summed E-state index contributed by atoms with van der Waals surface area (Å²) in [5.41, 5.74) is 2.10. The number of nitrogens with two attached hydrogens (primary N) is 1. The van der Waals surface area contributed by atoms with Gasteiger partial charge in [-0.25, -0.2) is 0 Å². The number of halogens is 1. The molecule has 0 bridgehead atoms. The van der Waals surface area contributed by atoms with Gasteiger partial charge in [0.25, 0.3) is 0 Å². The number of aliphatic hydroxyl groups is 1. The molecule has 0 radical (unpaired) electrons. The molecule has 0 aromatic heterocycles. The zero-order valence-electron chi connectivity index (χ0n) is 16.0. The predicted octanol–water partition coefficient (Wildman–Crippen LogP) is 2.69. The molecule has 2 aliphatic carbocycles. The van der Waals surface area contributed by atoms with E-state index in [0.717, 1.165) is 36.4 Å². The van der Waals surface area contributed by atoms with E-state index < -0.39 is 6.10 Å². The zero-order valence-corrected chi connectivity index (χ0v) is 16.8. The van der Waals surface area contributed by atoms with Crippen LogP contribution in [-0.2, 0) is 16.1 Å². The SMILES string of the molecule is C[C@@H]1CCC=C2C[C@H]3OC(=O)[C@@H](C[NH2+]Cc4ccccc4Cl)[C@H]3[C@@H](O)[C@@]21C. The van der Waals surface area contributed by atoms with E-state index in [1.807, 2.05) is 24.3 Å². The molecule has 6 atom stereocenters. The van der Waals surface area contributed by atoms with Crippen LogP contribution in [0.4, 0.5) is 0 Å². The highest BCUT2D eigenvalue weighted by atomic mass is 35.5. The van der Waals surface area contributed by atoms with E-state index in [0.29, 0.717) is 12.5 Å². The highest BCUT2D eigenvalue weighted by Crippen LogP contribution is 2.55. The van der Waals surface area contributed by atoms with Crippen LogP contribution in [0.5, 0.6) is 0 Å². The Morgan fingerprint density at radius 3 is 2.93 bits per heavy atom. The van der Waals surface area contributed by atoms with Crippen molar-refractivity contribution in [3.05, 3.63) is 46.5 Å². The highest BCUT2D eigenvalue weighted by Gasteiger charge is 2.60. The first-order valence-corrected chi connectivity index (χ1v) is 10.4. The maximum Gasteiger partial charge on any atom is 0.315 e. The fourth-order valence-corrected chi connectivity index (χ4v) is 5.63. The average molecular weight is 391 g/mol. The van der Waals surface area contributed by atoms with Crippen LogP contribution in [0.2, 0.25) is 5.02 Å². The molecule has 4 rings (SSSR count). The Kier molecular flexibility index (Phi) is 5.08. The monoisotopic (exact) mass is 390 g/mol. The van der Waals surface area contributed by atoms with Gasteiger partial charge in [0.05, 0.1) is 12.6 Å². The zero-order chi connectivity index (χ0) is 19.2. The Morgan fingerprint density at radius 1 is 1.37 bits per heavy atom. The van der Waals surface area contributed by atoms with Crippen LogP contribution in [0.15, 0.2) is 35.9 Å². The second-order valence-electron chi connectivity index (χ2n) is 8.62. The number of carbonyl (C=O) groups is 1. The molecule has 146 valence electrons. The Morgan fingerprint density at radius 2 is 2.15 bits per heavy atom. The smallest absolute Gasteiger partial charge is 0.315 e. The fourth-order valence-electron chi connectivity index (χ4n) is 5.41. The third kappa shape index (κ3) is 3.12. The van der Waals surface area contributed by atoms with Gasteiger partial charge >= 0.3 is 5.97 Å². The average Bonchev–Trinajstić information content (AvgIpc) is 2.95. The van der Waals surface area contributed by atoms with Crippen molar-refractivity contribution < 1.29 is 20.0 Å². The summed E-state index contributed by atoms with van der Waals surface area (Å²) >= 11 is 6.23. The van der Waals surface area contributed by atoms with Crippen molar-refractivity contribution in [2.45, 2.75) is 51.9 Å². The van der Waals surface area contributed by atoms with Gasteiger partial charge in [-0.15, -0.1) is 0 Å². The van der Waals surface area contributed by atoms with Gasteiger partial charge < -0.3 is 15.2 Å². The first-order chi connectivity index (χ1) is 12.9. The molecule has 1 aliphatic heterocycles. The number of hydrogen-bond donors (Lipinski definition) is 2. The van der Waals surface area contributed by atoms with E-state index >= 15 is 0 Å². The van der Waals surface area contributed by atoms with E-state index in [1.165, 1.54) is 5.57 Å². The molecular weight excluding hydrogens is 362 g/mol. The van der Waals surface area contributed by atoms with Crippen molar-refractivity contribution in [1.82, 2.24) is 0 Å². The van der Waals surface area contributed by atoms with Crippen LogP contribution in [-0.4, -0.2) is 29.8 Å². The Balaban J connectivity index is 1.50. The second kappa shape index (κ2) is 7.23. The minimum atomic E-state index is -0.539. The predicted molar refractivity (Wildman–Crippen MR) is 104 cm³/mol. The van der Waals surface area contributed by atoms with Crippen LogP contribution < -0.4 is 5.32 Å². The van der Waals surface area contributed by atoms with Crippen LogP contribution in [0.25, 0.3) is 0 Å². The van der Waals surface area contributed by atoms with Crippen LogP contribution in [0, 0.1) is 23.2 Å². The number of benzene rings is 1. The van der Waals surface area contributed by atoms with Crippen molar-refractivity contribution in [2.24, 2.45) is 23.2 Å². The molecule has 27 heavy (non-hydrogen) atoms. The summed E-state index contributed by atoms with van der Waals surface area (Å²) in [6.07, 6.45) is 4.46. The van der Waals surface area contributed by atoms with Gasteiger partial charge in [-0.05, 0) is 24.8 Å². The molecule has 3 aliphatic rings. The van der Waals surface area contributed by atoms with E-state index in [4.69, 9.17) is 16.3 Å². The van der Waals surface area contributed by atoms with E-state index in [-0.39, 0.29) is 29.3 Å². The Labute approximate surface area is 165 Å². The summed E-state index contributed by atoms with van der Waals surface area (Å²) < 4.78 is 5.72. The van der Waals surface area contributed by atoms with Gasteiger partial charge in [0, 0.05) is 28.3 Å². The summed E-state index contributed by atoms with van der Waals surface area (Å²) in [4.78, 5) is 12.6. The third-order valence-corrected chi connectivity index (χ3v) is 7.68. The molecule has 1 saturated heterocycles. The number of aliphatic hydroxyl groups excluding tert-OH is 1. The number of hydrogen-bond acceptors (Lipinski definition) is 3. The van der Waals surface area contributed by atoms with Crippen molar-refractivity contribution in [2.75, 3.05) is 6.54 Å². The normalized spacial score (nSPS) is 38.0. The molecule has 0 amide bonds. The Bertz CT molecular complexity index is 764. The number of ether oxygens (including phenoxy) is 1. The molecular formula is C22H29ClNO3+. The van der Waals surface area contributed by atoms with Crippen LogP contribution >= 0.6 is 11.6 Å². The molecule has 1 heterocycles. The van der Waals surface area contributed by atoms with E-state index in [2.05, 4.69) is 25.2 Å². The second-order valence-corrected chi connectivity index (χ2v) is 9.03. The lowest BCUT2D eigenvalue weighted by atomic mass is 9.55. The van der Waals surface area contributed by atoms with Gasteiger partial charge in [-0.1, -0.05) is 55.3 Å². The summed E-state index contributed by atoms with van der Waals surface area (Å²) in [7, 11) is 0. The number of esters is 1. The molecule has 1 aromatic rings. The first-order valence-electron chi connectivity index (χ1n) is 10.1. The quantitative estimate of drug-likeness (QED) is 0.613. The molecule has 5 heteroatoms. The van der Waals surface area contributed by atoms with Crippen molar-refractivity contribution in [3.8, 4) is 0 Å². The standard InChI is InChI=1S/C22H28ClNO3/c1-13-6-5-8-15-10-18-19(20(25)22(13,15)2)16(21(26)27-18)12-24-11-14-7-3-4-9-17(14)23/h3-4,7-9,13,16,18-20,24-25H,5-6,10-12H2,1-2H3/p+1/t13-,16+,18-,19-,20-,22-/m1/s1. The van der Waals surface area contributed by atoms with Crippen molar-refractivity contribution in [1.29, 1.82) is 0 Å². The molecule has 0 unspecified atom stereocenters. The van der Waals surface area contributed by atoms with Gasteiger partial charge in [0.1, 0.15) is 18.6 Å². The largest absolute Gasteiger partial charge is 0.461 e. The maximum atomic E-state index is 12.6. The number of quaternary nitrogens is 1. The van der Waals surface area contributed by atoms with Crippen LogP contribution in [0.1, 0.15) is 38.7 Å². The molecule has 2 fully saturated rings. The minimum absolute atomic E-state index is 0.123. The van der Waals surface area contributed by atoms with Gasteiger partial charge in [-0.3, -0.25) is 4.79 Å². The maximum absolute atomic E-state index is 12.6. The highest BCUT2D eigenvalue weighted by molar-refractivity contribution is 6.31. The molecule has 1 saturated carbocycles. The molecule has 1 aromatic carbocycles. The fraction of sp³-hybridized carbons (Fsp3) is 0.591. The molecule has 4 nitrogen and oxygen atoms in total. The summed E-state index contributed by atoms with van der Waals surface area (Å²) in [5.74, 6) is -0.130. The first kappa shape index (κ1) is 19.0. The van der Waals surface area contributed by atoms with Gasteiger partial charge in [0.2, 0.25) is 0 Å². The summed E-state index contributed by atoms with van der Waals surface area (Å²) in [5, 5.41) is 14.2. The molecule has 0 spiro atoms. The van der Waals surface area contributed by atoms with Crippen LogP contribution in [0.3, 0.4) is 0 Å². The summed E-state index contributed by atoms with van der Waals surface area (Å²) in [6.45, 7) is 5.74. The van der Waals surface area contributed by atoms with E-state index in [1.54, 1.807) is 0 Å². The van der Waals surface area contributed by atoms with Gasteiger partial charge in [0.15, 0.2) is 0 Å². The number of carbonyl (C=O) groups excluding carboxylic acids is 1. The van der Waals surface area contributed by atoms with Crippen molar-refractivity contribution in [3.63, 3.8) is 0 Å². The third-order valence-electron chi connectivity index (χ3n) is 7.31. The Hall–Kier alpha value is -1.36. The van der Waals surface area contributed by atoms with Crippen molar-refractivity contribution >= 4 is 17.6 Å². The molecule has 3 N–H and O–H groups in total. The number of fused-ring (bicyclic) bond motifs is 2. The van der Waals surface area contributed by atoms with E-state index in [9.17, 15) is 9.90 Å². The lowest BCUT2D eigenvalue weighted by Crippen LogP contribution is -2.84. The number of allylic oxidation sites excluding steroid dienone is 1. The lowest BCUT2D eigenvalue weighted by molar-refractivity contribution is -0.675. The minimum Gasteiger partial charge on any atom is -0.461 e. The number of rotatable bonds is 4. The topological polar surface area (TPSA) is 63.1 Å².